The Kier molecular flexibility index (Phi) is 4.62. The van der Waals surface area contributed by atoms with Crippen molar-refractivity contribution in [3.05, 3.63) is 34.3 Å². The minimum Gasteiger partial charge on any atom is -0.456 e. The van der Waals surface area contributed by atoms with Gasteiger partial charge in [-0.15, -0.1) is 0 Å². The molecule has 2 nitrogen and oxygen atoms in total. The first-order valence-corrected chi connectivity index (χ1v) is 5.27. The highest BCUT2D eigenvalue weighted by atomic mass is 35.5. The molecule has 96 valence electrons. The first kappa shape index (κ1) is 14.4. The van der Waals surface area contributed by atoms with Crippen molar-refractivity contribution in [3.8, 4) is 11.8 Å². The summed E-state index contributed by atoms with van der Waals surface area (Å²) in [6.07, 6.45) is -4.51. The van der Waals surface area contributed by atoms with Crippen molar-refractivity contribution < 1.29 is 22.7 Å². The van der Waals surface area contributed by atoms with Crippen molar-refractivity contribution in [2.75, 3.05) is 6.61 Å². The van der Waals surface area contributed by atoms with Gasteiger partial charge in [-0.2, -0.15) is 13.2 Å². The number of halogens is 4. The van der Waals surface area contributed by atoms with Crippen molar-refractivity contribution in [3.63, 3.8) is 0 Å². The van der Waals surface area contributed by atoms with Crippen LogP contribution in [0.4, 0.5) is 13.2 Å². The molecule has 1 aromatic carbocycles. The van der Waals surface area contributed by atoms with Gasteiger partial charge >= 0.3 is 12.1 Å². The van der Waals surface area contributed by atoms with Crippen molar-refractivity contribution in [2.45, 2.75) is 13.1 Å². The van der Waals surface area contributed by atoms with Crippen molar-refractivity contribution >= 4 is 17.6 Å². The first-order valence-electron chi connectivity index (χ1n) is 4.89. The predicted molar refractivity (Wildman–Crippen MR) is 60.0 cm³/mol. The van der Waals surface area contributed by atoms with Gasteiger partial charge in [0.2, 0.25) is 0 Å². The molecule has 1 rings (SSSR count). The molecule has 0 aromatic heterocycles. The van der Waals surface area contributed by atoms with Gasteiger partial charge in [-0.25, -0.2) is 4.79 Å². The highest BCUT2D eigenvalue weighted by molar-refractivity contribution is 6.30. The third-order valence-corrected chi connectivity index (χ3v) is 2.03. The van der Waals surface area contributed by atoms with E-state index >= 15 is 0 Å². The molecule has 0 atom stereocenters. The molecule has 6 heteroatoms. The topological polar surface area (TPSA) is 26.3 Å². The van der Waals surface area contributed by atoms with Gasteiger partial charge in [0.05, 0.1) is 12.2 Å². The van der Waals surface area contributed by atoms with Crippen LogP contribution in [-0.2, 0) is 15.7 Å². The van der Waals surface area contributed by atoms with Crippen LogP contribution in [0.5, 0.6) is 0 Å². The highest BCUT2D eigenvalue weighted by Gasteiger charge is 2.30. The fourth-order valence-corrected chi connectivity index (χ4v) is 1.35. The first-order chi connectivity index (χ1) is 8.32. The number of alkyl halides is 3. The van der Waals surface area contributed by atoms with Gasteiger partial charge in [-0.1, -0.05) is 17.5 Å². The number of benzene rings is 1. The molecule has 0 unspecified atom stereocenters. The van der Waals surface area contributed by atoms with Crippen molar-refractivity contribution in [1.82, 2.24) is 0 Å². The highest BCUT2D eigenvalue weighted by Crippen LogP contribution is 2.31. The fraction of sp³-hybridized carbons (Fsp3) is 0.250. The average Bonchev–Trinajstić information content (AvgIpc) is 2.25. The number of hydrogen-bond donors (Lipinski definition) is 0. The molecular weight excluding hydrogens is 269 g/mol. The molecule has 0 bridgehead atoms. The van der Waals surface area contributed by atoms with Crippen LogP contribution in [0.25, 0.3) is 0 Å². The van der Waals surface area contributed by atoms with E-state index in [4.69, 9.17) is 11.6 Å². The van der Waals surface area contributed by atoms with Crippen LogP contribution >= 0.6 is 11.6 Å². The summed E-state index contributed by atoms with van der Waals surface area (Å²) in [5.74, 6) is 3.54. The van der Waals surface area contributed by atoms with Gasteiger partial charge in [0.25, 0.3) is 0 Å². The maximum atomic E-state index is 12.5. The summed E-state index contributed by atoms with van der Waals surface area (Å²) in [4.78, 5) is 10.9. The summed E-state index contributed by atoms with van der Waals surface area (Å²) in [6, 6.07) is 2.85. The second kappa shape index (κ2) is 5.78. The Morgan fingerprint density at radius 1 is 1.39 bits per heavy atom. The second-order valence-corrected chi connectivity index (χ2v) is 3.63. The maximum Gasteiger partial charge on any atom is 0.416 e. The van der Waals surface area contributed by atoms with E-state index in [1.165, 1.54) is 6.07 Å². The molecule has 0 amide bonds. The monoisotopic (exact) mass is 276 g/mol. The van der Waals surface area contributed by atoms with Gasteiger partial charge in [0.15, 0.2) is 0 Å². The van der Waals surface area contributed by atoms with Gasteiger partial charge in [-0.05, 0) is 25.1 Å². The predicted octanol–water partition coefficient (Wildman–Crippen LogP) is 3.27. The summed E-state index contributed by atoms with van der Waals surface area (Å²) in [6.45, 7) is 1.75. The molecule has 0 aliphatic carbocycles. The second-order valence-electron chi connectivity index (χ2n) is 3.20. The summed E-state index contributed by atoms with van der Waals surface area (Å²) < 4.78 is 41.9. The minimum atomic E-state index is -4.51. The van der Waals surface area contributed by atoms with E-state index in [0.29, 0.717) is 0 Å². The van der Waals surface area contributed by atoms with Crippen LogP contribution in [0, 0.1) is 11.8 Å². The Morgan fingerprint density at radius 2 is 2.06 bits per heavy atom. The Bertz CT molecular complexity index is 512. The van der Waals surface area contributed by atoms with Crippen LogP contribution in [-0.4, -0.2) is 12.6 Å². The van der Waals surface area contributed by atoms with Crippen molar-refractivity contribution in [1.29, 1.82) is 0 Å². The van der Waals surface area contributed by atoms with Crippen LogP contribution in [0.1, 0.15) is 18.1 Å². The number of ether oxygens (including phenoxy) is 1. The lowest BCUT2D eigenvalue weighted by Gasteiger charge is -2.07. The zero-order valence-electron chi connectivity index (χ0n) is 9.27. The zero-order chi connectivity index (χ0) is 13.8. The molecule has 0 N–H and O–H groups in total. The summed E-state index contributed by atoms with van der Waals surface area (Å²) >= 11 is 5.55. The minimum absolute atomic E-state index is 0.00266. The lowest BCUT2D eigenvalue weighted by atomic mass is 10.1. The zero-order valence-corrected chi connectivity index (χ0v) is 10.0. The van der Waals surface area contributed by atoms with Crippen molar-refractivity contribution in [2.24, 2.45) is 0 Å². The molecule has 0 aliphatic rings. The Morgan fingerprint density at radius 3 is 2.61 bits per heavy atom. The molecule has 0 saturated heterocycles. The van der Waals surface area contributed by atoms with Crippen LogP contribution in [0.2, 0.25) is 5.02 Å². The quantitative estimate of drug-likeness (QED) is 0.581. The lowest BCUT2D eigenvalue weighted by Crippen LogP contribution is -2.05. The molecule has 1 aromatic rings. The summed E-state index contributed by atoms with van der Waals surface area (Å²) in [7, 11) is 0. The van der Waals surface area contributed by atoms with Gasteiger partial charge in [-0.3, -0.25) is 0 Å². The number of carbonyl (C=O) groups is 1. The van der Waals surface area contributed by atoms with E-state index < -0.39 is 17.7 Å². The van der Waals surface area contributed by atoms with Gasteiger partial charge in [0, 0.05) is 16.5 Å². The number of hydrogen-bond acceptors (Lipinski definition) is 2. The normalized spacial score (nSPS) is 10.5. The number of carbonyl (C=O) groups excluding carboxylic acids is 1. The van der Waals surface area contributed by atoms with E-state index in [2.05, 4.69) is 16.6 Å². The standard InChI is InChI=1S/C12H8ClF3O2/c1-2-18-11(17)4-3-8-5-9(12(14,15)16)7-10(13)6-8/h5-7H,2H2,1H3. The Balaban J connectivity index is 3.04. The van der Waals surface area contributed by atoms with Gasteiger partial charge < -0.3 is 4.74 Å². The fourth-order valence-electron chi connectivity index (χ4n) is 1.12. The largest absolute Gasteiger partial charge is 0.456 e. The molecule has 0 heterocycles. The van der Waals surface area contributed by atoms with Crippen LogP contribution < -0.4 is 0 Å². The SMILES string of the molecule is CCOC(=O)C#Cc1cc(Cl)cc(C(F)(F)F)c1. The Hall–Kier alpha value is -1.67. The Labute approximate surface area is 107 Å². The van der Waals surface area contributed by atoms with Crippen LogP contribution in [0.3, 0.4) is 0 Å². The molecular formula is C12H8ClF3O2. The average molecular weight is 277 g/mol. The number of rotatable bonds is 1. The molecule has 0 spiro atoms. The maximum absolute atomic E-state index is 12.5. The third kappa shape index (κ3) is 4.30. The molecule has 0 radical (unpaired) electrons. The van der Waals surface area contributed by atoms with E-state index in [-0.39, 0.29) is 17.2 Å². The summed E-state index contributed by atoms with van der Waals surface area (Å²) in [5, 5.41) is -0.0991. The van der Waals surface area contributed by atoms with Gasteiger partial charge in [0.1, 0.15) is 0 Å². The summed E-state index contributed by atoms with van der Waals surface area (Å²) in [5.41, 5.74) is -0.911. The van der Waals surface area contributed by atoms with Crippen LogP contribution in [0.15, 0.2) is 18.2 Å². The molecule has 0 saturated carbocycles. The van der Waals surface area contributed by atoms with E-state index in [1.54, 1.807) is 6.92 Å². The van der Waals surface area contributed by atoms with E-state index in [9.17, 15) is 18.0 Å². The molecule has 0 fully saturated rings. The third-order valence-electron chi connectivity index (χ3n) is 1.81. The smallest absolute Gasteiger partial charge is 0.416 e. The number of esters is 1. The lowest BCUT2D eigenvalue weighted by molar-refractivity contribution is -0.137. The van der Waals surface area contributed by atoms with E-state index in [0.717, 1.165) is 12.1 Å². The molecule has 18 heavy (non-hydrogen) atoms. The van der Waals surface area contributed by atoms with E-state index in [1.807, 2.05) is 0 Å². The molecule has 0 aliphatic heterocycles.